The molecule has 106 valence electrons. The predicted molar refractivity (Wildman–Crippen MR) is 80.0 cm³/mol. The van der Waals surface area contributed by atoms with Gasteiger partial charge >= 0.3 is 5.97 Å². The minimum Gasteiger partial charge on any atom is -0.478 e. The van der Waals surface area contributed by atoms with E-state index in [1.807, 2.05) is 13.0 Å². The zero-order valence-corrected chi connectivity index (χ0v) is 11.4. The number of aromatic nitrogens is 1. The zero-order chi connectivity index (χ0) is 15.2. The second-order valence-electron chi connectivity index (χ2n) is 4.43. The number of hydrogen-bond donors (Lipinski definition) is 2. The summed E-state index contributed by atoms with van der Waals surface area (Å²) in [6.07, 6.45) is 5.66. The van der Waals surface area contributed by atoms with Crippen LogP contribution in [-0.2, 0) is 4.79 Å². The number of nitrogens with one attached hydrogen (secondary N) is 1. The van der Waals surface area contributed by atoms with Crippen molar-refractivity contribution >= 4 is 23.6 Å². The monoisotopic (exact) mass is 282 g/mol. The number of anilines is 1. The Morgan fingerprint density at radius 2 is 1.90 bits per heavy atom. The third-order valence-corrected chi connectivity index (χ3v) is 2.89. The van der Waals surface area contributed by atoms with Gasteiger partial charge in [-0.05, 0) is 48.4 Å². The Morgan fingerprint density at radius 1 is 1.19 bits per heavy atom. The van der Waals surface area contributed by atoms with E-state index in [1.54, 1.807) is 36.7 Å². The fourth-order valence-electron chi connectivity index (χ4n) is 1.77. The standard InChI is InChI=1S/C16H14N2O3/c1-11-2-4-14(10-13(11)3-5-15(19)20)18-16(21)12-6-8-17-9-7-12/h2-10H,1H3,(H,18,21)(H,19,20). The van der Waals surface area contributed by atoms with Crippen molar-refractivity contribution in [3.05, 3.63) is 65.5 Å². The molecule has 0 spiro atoms. The van der Waals surface area contributed by atoms with Crippen molar-refractivity contribution in [3.63, 3.8) is 0 Å². The molecule has 0 saturated heterocycles. The van der Waals surface area contributed by atoms with Crippen LogP contribution in [0.2, 0.25) is 0 Å². The van der Waals surface area contributed by atoms with E-state index in [0.29, 0.717) is 11.3 Å². The Balaban J connectivity index is 2.19. The zero-order valence-electron chi connectivity index (χ0n) is 11.4. The Bertz CT molecular complexity index is 694. The van der Waals surface area contributed by atoms with Gasteiger partial charge in [-0.1, -0.05) is 6.07 Å². The summed E-state index contributed by atoms with van der Waals surface area (Å²) in [7, 11) is 0. The van der Waals surface area contributed by atoms with Crippen LogP contribution in [-0.4, -0.2) is 22.0 Å². The average Bonchev–Trinajstić information content (AvgIpc) is 2.48. The van der Waals surface area contributed by atoms with Gasteiger partial charge in [0.25, 0.3) is 5.91 Å². The van der Waals surface area contributed by atoms with Gasteiger partial charge in [0.05, 0.1) is 0 Å². The van der Waals surface area contributed by atoms with Crippen LogP contribution in [0, 0.1) is 6.92 Å². The molecular formula is C16H14N2O3. The fraction of sp³-hybridized carbons (Fsp3) is 0.0625. The lowest BCUT2D eigenvalue weighted by Gasteiger charge is -2.08. The summed E-state index contributed by atoms with van der Waals surface area (Å²) in [6, 6.07) is 8.56. The number of aliphatic carboxylic acids is 1. The Hall–Kier alpha value is -2.95. The summed E-state index contributed by atoms with van der Waals surface area (Å²) in [5.41, 5.74) is 2.78. The molecule has 0 saturated carbocycles. The first-order chi connectivity index (χ1) is 10.1. The number of amides is 1. The molecule has 0 radical (unpaired) electrons. The van der Waals surface area contributed by atoms with E-state index in [0.717, 1.165) is 17.2 Å². The van der Waals surface area contributed by atoms with Crippen LogP contribution >= 0.6 is 0 Å². The van der Waals surface area contributed by atoms with Gasteiger partial charge in [-0.3, -0.25) is 9.78 Å². The third kappa shape index (κ3) is 4.01. The van der Waals surface area contributed by atoms with Gasteiger partial charge in [-0.15, -0.1) is 0 Å². The highest BCUT2D eigenvalue weighted by Gasteiger charge is 2.06. The number of carbonyl (C=O) groups excluding carboxylic acids is 1. The highest BCUT2D eigenvalue weighted by Crippen LogP contribution is 2.17. The maximum Gasteiger partial charge on any atom is 0.328 e. The second kappa shape index (κ2) is 6.47. The second-order valence-corrected chi connectivity index (χ2v) is 4.43. The average molecular weight is 282 g/mol. The van der Waals surface area contributed by atoms with Crippen LogP contribution < -0.4 is 5.32 Å². The number of pyridine rings is 1. The first kappa shape index (κ1) is 14.5. The van der Waals surface area contributed by atoms with Crippen LogP contribution in [0.4, 0.5) is 5.69 Å². The van der Waals surface area contributed by atoms with Crippen LogP contribution in [0.1, 0.15) is 21.5 Å². The first-order valence-electron chi connectivity index (χ1n) is 6.29. The number of carboxylic acid groups (broad SMARTS) is 1. The quantitative estimate of drug-likeness (QED) is 0.845. The Labute approximate surface area is 122 Å². The number of benzene rings is 1. The highest BCUT2D eigenvalue weighted by atomic mass is 16.4. The summed E-state index contributed by atoms with van der Waals surface area (Å²) in [4.78, 5) is 26.5. The summed E-state index contributed by atoms with van der Waals surface area (Å²) in [5, 5.41) is 11.4. The van der Waals surface area contributed by atoms with E-state index in [9.17, 15) is 9.59 Å². The van der Waals surface area contributed by atoms with E-state index in [1.165, 1.54) is 6.08 Å². The molecular weight excluding hydrogens is 268 g/mol. The third-order valence-electron chi connectivity index (χ3n) is 2.89. The van der Waals surface area contributed by atoms with Gasteiger partial charge in [-0.25, -0.2) is 4.79 Å². The number of rotatable bonds is 4. The minimum atomic E-state index is -1.01. The Morgan fingerprint density at radius 3 is 2.57 bits per heavy atom. The number of nitrogens with zero attached hydrogens (tertiary/aromatic N) is 1. The summed E-state index contributed by atoms with van der Waals surface area (Å²) < 4.78 is 0. The predicted octanol–water partition coefficient (Wildman–Crippen LogP) is 2.74. The SMILES string of the molecule is Cc1ccc(NC(=O)c2ccncc2)cc1C=CC(=O)O. The van der Waals surface area contributed by atoms with E-state index in [4.69, 9.17) is 5.11 Å². The molecule has 1 heterocycles. The number of carbonyl (C=O) groups is 2. The maximum absolute atomic E-state index is 12.0. The van der Waals surface area contributed by atoms with Gasteiger partial charge in [0.1, 0.15) is 0 Å². The molecule has 2 N–H and O–H groups in total. The molecule has 5 nitrogen and oxygen atoms in total. The molecule has 0 unspecified atom stereocenters. The minimum absolute atomic E-state index is 0.241. The lowest BCUT2D eigenvalue weighted by Crippen LogP contribution is -2.11. The van der Waals surface area contributed by atoms with Crippen LogP contribution in [0.25, 0.3) is 6.08 Å². The molecule has 2 aromatic rings. The molecule has 0 aliphatic rings. The van der Waals surface area contributed by atoms with Crippen LogP contribution in [0.15, 0.2) is 48.8 Å². The lowest BCUT2D eigenvalue weighted by atomic mass is 10.1. The van der Waals surface area contributed by atoms with E-state index < -0.39 is 5.97 Å². The molecule has 21 heavy (non-hydrogen) atoms. The van der Waals surface area contributed by atoms with Crippen molar-refractivity contribution in [2.24, 2.45) is 0 Å². The molecule has 0 atom stereocenters. The summed E-state index contributed by atoms with van der Waals surface area (Å²) in [6.45, 7) is 1.87. The fourth-order valence-corrected chi connectivity index (χ4v) is 1.77. The van der Waals surface area contributed by atoms with Gasteiger partial charge in [-0.2, -0.15) is 0 Å². The molecule has 1 aromatic heterocycles. The van der Waals surface area contributed by atoms with Crippen molar-refractivity contribution in [1.82, 2.24) is 4.98 Å². The Kier molecular flexibility index (Phi) is 4.46. The largest absolute Gasteiger partial charge is 0.478 e. The topological polar surface area (TPSA) is 79.3 Å². The normalized spacial score (nSPS) is 10.5. The van der Waals surface area contributed by atoms with Crippen LogP contribution in [0.5, 0.6) is 0 Å². The smallest absolute Gasteiger partial charge is 0.328 e. The van der Waals surface area contributed by atoms with Crippen molar-refractivity contribution in [2.75, 3.05) is 5.32 Å². The molecule has 1 aromatic carbocycles. The van der Waals surface area contributed by atoms with Gasteiger partial charge in [0.15, 0.2) is 0 Å². The van der Waals surface area contributed by atoms with Crippen molar-refractivity contribution in [1.29, 1.82) is 0 Å². The van der Waals surface area contributed by atoms with Gasteiger partial charge < -0.3 is 10.4 Å². The molecule has 2 rings (SSSR count). The van der Waals surface area contributed by atoms with E-state index >= 15 is 0 Å². The number of hydrogen-bond acceptors (Lipinski definition) is 3. The lowest BCUT2D eigenvalue weighted by molar-refractivity contribution is -0.131. The summed E-state index contributed by atoms with van der Waals surface area (Å²) in [5.74, 6) is -1.25. The van der Waals surface area contributed by atoms with E-state index in [-0.39, 0.29) is 5.91 Å². The highest BCUT2D eigenvalue weighted by molar-refractivity contribution is 6.04. The van der Waals surface area contributed by atoms with Crippen molar-refractivity contribution < 1.29 is 14.7 Å². The number of aryl methyl sites for hydroxylation is 1. The molecule has 1 amide bonds. The molecule has 5 heteroatoms. The van der Waals surface area contributed by atoms with Gasteiger partial charge in [0.2, 0.25) is 0 Å². The van der Waals surface area contributed by atoms with Crippen LogP contribution in [0.3, 0.4) is 0 Å². The summed E-state index contributed by atoms with van der Waals surface area (Å²) >= 11 is 0. The number of carboxylic acids is 1. The first-order valence-corrected chi connectivity index (χ1v) is 6.29. The van der Waals surface area contributed by atoms with Gasteiger partial charge in [0, 0.05) is 29.7 Å². The van der Waals surface area contributed by atoms with Crippen molar-refractivity contribution in [3.8, 4) is 0 Å². The van der Waals surface area contributed by atoms with E-state index in [2.05, 4.69) is 10.3 Å². The molecule has 0 fully saturated rings. The molecule has 0 aliphatic carbocycles. The molecule has 0 bridgehead atoms. The van der Waals surface area contributed by atoms with Crippen molar-refractivity contribution in [2.45, 2.75) is 6.92 Å². The molecule has 0 aliphatic heterocycles. The maximum atomic E-state index is 12.0.